The number of rotatable bonds is 8. The van der Waals surface area contributed by atoms with Gasteiger partial charge in [0.25, 0.3) is 0 Å². The van der Waals surface area contributed by atoms with Crippen molar-refractivity contribution >= 4 is 23.8 Å². The van der Waals surface area contributed by atoms with Crippen LogP contribution in [0.3, 0.4) is 0 Å². The summed E-state index contributed by atoms with van der Waals surface area (Å²) in [5, 5.41) is 6.34. The number of hydrogen-bond donors (Lipinski definition) is 2. The monoisotopic (exact) mass is 611 g/mol. The topological polar surface area (TPSA) is 111 Å². The van der Waals surface area contributed by atoms with Crippen LogP contribution >= 0.6 is 0 Å². The lowest BCUT2D eigenvalue weighted by atomic mass is 9.82. The van der Waals surface area contributed by atoms with Gasteiger partial charge in [0.1, 0.15) is 5.60 Å². The summed E-state index contributed by atoms with van der Waals surface area (Å²) in [6, 6.07) is 6.71. The number of benzene rings is 1. The second-order valence-corrected chi connectivity index (χ2v) is 14.1. The van der Waals surface area contributed by atoms with Gasteiger partial charge in [0, 0.05) is 32.7 Å². The van der Waals surface area contributed by atoms with Gasteiger partial charge in [-0.1, -0.05) is 51.0 Å². The quantitative estimate of drug-likeness (QED) is 0.450. The normalized spacial score (nSPS) is 22.0. The van der Waals surface area contributed by atoms with Crippen LogP contribution in [0.5, 0.6) is 0 Å². The van der Waals surface area contributed by atoms with Crippen molar-refractivity contribution in [3.8, 4) is 0 Å². The SMILES string of the molecule is CC(C)C[C@H](NC(=O)[C@@H]1CCCC[C@@H]1N(C(=O)OC(C)(C)C)C(=O)N1CCNCC1)C(=O)CN1CCCc2ccccc2C1. The zero-order chi connectivity index (χ0) is 31.9. The Morgan fingerprint density at radius 1 is 1.00 bits per heavy atom. The number of urea groups is 1. The van der Waals surface area contributed by atoms with Crippen molar-refractivity contribution in [2.24, 2.45) is 11.8 Å². The average molecular weight is 612 g/mol. The number of nitrogens with one attached hydrogen (secondary N) is 2. The fourth-order valence-corrected chi connectivity index (χ4v) is 6.66. The summed E-state index contributed by atoms with van der Waals surface area (Å²) in [6.45, 7) is 13.5. The molecule has 1 aliphatic carbocycles. The number of aryl methyl sites for hydroxylation is 1. The number of ether oxygens (including phenoxy) is 1. The van der Waals surface area contributed by atoms with Gasteiger partial charge in [0.2, 0.25) is 5.91 Å². The highest BCUT2D eigenvalue weighted by Crippen LogP contribution is 2.31. The molecule has 1 saturated heterocycles. The lowest BCUT2D eigenvalue weighted by Crippen LogP contribution is -2.60. The summed E-state index contributed by atoms with van der Waals surface area (Å²) in [5.74, 6) is -0.685. The third kappa shape index (κ3) is 9.27. The third-order valence-corrected chi connectivity index (χ3v) is 8.81. The number of imide groups is 1. The van der Waals surface area contributed by atoms with Gasteiger partial charge in [-0.2, -0.15) is 0 Å². The van der Waals surface area contributed by atoms with Crippen LogP contribution in [-0.4, -0.2) is 95.5 Å². The predicted molar refractivity (Wildman–Crippen MR) is 170 cm³/mol. The molecule has 1 aromatic carbocycles. The molecule has 3 atom stereocenters. The lowest BCUT2D eigenvalue weighted by molar-refractivity contribution is -0.133. The van der Waals surface area contributed by atoms with Crippen LogP contribution in [0.25, 0.3) is 0 Å². The van der Waals surface area contributed by atoms with Crippen LogP contribution in [0.2, 0.25) is 0 Å². The molecular weight excluding hydrogens is 558 g/mol. The summed E-state index contributed by atoms with van der Waals surface area (Å²) in [7, 11) is 0. The second kappa shape index (κ2) is 15.3. The number of carbonyl (C=O) groups excluding carboxylic acids is 4. The molecule has 0 bridgehead atoms. The molecule has 10 heteroatoms. The molecule has 10 nitrogen and oxygen atoms in total. The van der Waals surface area contributed by atoms with Gasteiger partial charge < -0.3 is 20.3 Å². The van der Waals surface area contributed by atoms with Crippen LogP contribution in [0.1, 0.15) is 84.3 Å². The first kappa shape index (κ1) is 33.9. The maximum absolute atomic E-state index is 14.0. The summed E-state index contributed by atoms with van der Waals surface area (Å²) in [6.07, 6.45) is 4.46. The van der Waals surface area contributed by atoms with Crippen LogP contribution in [0, 0.1) is 11.8 Å². The van der Waals surface area contributed by atoms with Crippen LogP contribution < -0.4 is 10.6 Å². The first-order valence-corrected chi connectivity index (χ1v) is 16.6. The fraction of sp³-hybridized carbons (Fsp3) is 0.706. The minimum Gasteiger partial charge on any atom is -0.443 e. The lowest BCUT2D eigenvalue weighted by Gasteiger charge is -2.41. The Morgan fingerprint density at radius 3 is 2.36 bits per heavy atom. The van der Waals surface area contributed by atoms with Crippen molar-refractivity contribution < 1.29 is 23.9 Å². The highest BCUT2D eigenvalue weighted by Gasteiger charge is 2.44. The third-order valence-electron chi connectivity index (χ3n) is 8.81. The Labute approximate surface area is 263 Å². The molecule has 1 saturated carbocycles. The Kier molecular flexibility index (Phi) is 11.8. The molecule has 0 unspecified atom stereocenters. The minimum atomic E-state index is -0.798. The summed E-state index contributed by atoms with van der Waals surface area (Å²) in [5.41, 5.74) is 1.79. The van der Waals surface area contributed by atoms with Crippen LogP contribution in [-0.2, 0) is 27.3 Å². The number of amides is 4. The highest BCUT2D eigenvalue weighted by molar-refractivity contribution is 5.94. The molecule has 0 spiro atoms. The number of hydrogen-bond acceptors (Lipinski definition) is 7. The Hall–Kier alpha value is -2.98. The van der Waals surface area contributed by atoms with Gasteiger partial charge in [-0.15, -0.1) is 0 Å². The van der Waals surface area contributed by atoms with E-state index in [2.05, 4.69) is 47.6 Å². The van der Waals surface area contributed by atoms with E-state index in [4.69, 9.17) is 4.74 Å². The zero-order valence-corrected chi connectivity index (χ0v) is 27.4. The summed E-state index contributed by atoms with van der Waals surface area (Å²) >= 11 is 0. The van der Waals surface area contributed by atoms with Crippen molar-refractivity contribution in [1.82, 2.24) is 25.3 Å². The number of ketones is 1. The van der Waals surface area contributed by atoms with E-state index in [9.17, 15) is 19.2 Å². The molecule has 4 rings (SSSR count). The molecule has 2 N–H and O–H groups in total. The molecule has 2 heterocycles. The molecular formula is C34H53N5O5. The van der Waals surface area contributed by atoms with Crippen molar-refractivity contribution in [3.05, 3.63) is 35.4 Å². The van der Waals surface area contributed by atoms with E-state index >= 15 is 0 Å². The van der Waals surface area contributed by atoms with E-state index < -0.39 is 35.7 Å². The van der Waals surface area contributed by atoms with Crippen LogP contribution in [0.15, 0.2) is 24.3 Å². The number of fused-ring (bicyclic) bond motifs is 1. The van der Waals surface area contributed by atoms with Gasteiger partial charge in [-0.05, 0) is 76.5 Å². The smallest absolute Gasteiger partial charge is 0.418 e. The Balaban J connectivity index is 1.51. The van der Waals surface area contributed by atoms with Gasteiger partial charge >= 0.3 is 12.1 Å². The summed E-state index contributed by atoms with van der Waals surface area (Å²) in [4.78, 5) is 60.3. The maximum Gasteiger partial charge on any atom is 0.418 e. The van der Waals surface area contributed by atoms with Gasteiger partial charge in [-0.3, -0.25) is 14.5 Å². The number of Topliss-reactive ketones (excluding diaryl/α,β-unsaturated/α-hetero) is 1. The van der Waals surface area contributed by atoms with E-state index in [1.54, 1.807) is 25.7 Å². The van der Waals surface area contributed by atoms with E-state index in [-0.39, 0.29) is 24.2 Å². The molecule has 2 fully saturated rings. The zero-order valence-electron chi connectivity index (χ0n) is 27.4. The highest BCUT2D eigenvalue weighted by atomic mass is 16.6. The number of nitrogens with zero attached hydrogens (tertiary/aromatic N) is 3. The largest absolute Gasteiger partial charge is 0.443 e. The molecule has 0 aromatic heterocycles. The number of piperazine rings is 1. The summed E-state index contributed by atoms with van der Waals surface area (Å²) < 4.78 is 5.72. The maximum atomic E-state index is 14.0. The van der Waals surface area contributed by atoms with Gasteiger partial charge in [0.05, 0.1) is 24.5 Å². The van der Waals surface area contributed by atoms with E-state index in [0.717, 1.165) is 32.2 Å². The molecule has 0 radical (unpaired) electrons. The standard InChI is InChI=1S/C34H53N5O5/c1-24(2)21-28(30(40)23-37-18-10-13-25-11-6-7-12-26(25)22-37)36-31(41)27-14-8-9-15-29(27)39(33(43)44-34(3,4)5)32(42)38-19-16-35-17-20-38/h6-7,11-12,24,27-29,35H,8-10,13-23H2,1-5H3,(H,36,41)/t27-,28+,29+/m1/s1. The van der Waals surface area contributed by atoms with Crippen molar-refractivity contribution in [2.75, 3.05) is 39.3 Å². The van der Waals surface area contributed by atoms with Crippen molar-refractivity contribution in [3.63, 3.8) is 0 Å². The molecule has 44 heavy (non-hydrogen) atoms. The van der Waals surface area contributed by atoms with Crippen molar-refractivity contribution in [1.29, 1.82) is 0 Å². The van der Waals surface area contributed by atoms with E-state index in [1.165, 1.54) is 16.0 Å². The molecule has 4 amide bonds. The van der Waals surface area contributed by atoms with E-state index in [1.807, 2.05) is 6.07 Å². The average Bonchev–Trinajstić information content (AvgIpc) is 3.18. The first-order valence-electron chi connectivity index (χ1n) is 16.6. The number of carbonyl (C=O) groups is 4. The molecule has 244 valence electrons. The minimum absolute atomic E-state index is 0.000294. The first-order chi connectivity index (χ1) is 20.9. The predicted octanol–water partition coefficient (Wildman–Crippen LogP) is 4.36. The van der Waals surface area contributed by atoms with Gasteiger partial charge in [-0.25, -0.2) is 14.5 Å². The molecule has 1 aromatic rings. The van der Waals surface area contributed by atoms with E-state index in [0.29, 0.717) is 52.0 Å². The van der Waals surface area contributed by atoms with Crippen LogP contribution in [0.4, 0.5) is 9.59 Å². The fourth-order valence-electron chi connectivity index (χ4n) is 6.66. The second-order valence-electron chi connectivity index (χ2n) is 14.1. The Bertz CT molecular complexity index is 1160. The molecule has 2 aliphatic heterocycles. The van der Waals surface area contributed by atoms with Gasteiger partial charge in [0.15, 0.2) is 5.78 Å². The Morgan fingerprint density at radius 2 is 1.68 bits per heavy atom. The molecule has 3 aliphatic rings. The van der Waals surface area contributed by atoms with Crippen molar-refractivity contribution in [2.45, 2.75) is 104 Å².